The van der Waals surface area contributed by atoms with Crippen LogP contribution >= 0.6 is 15.9 Å². The average Bonchev–Trinajstić information content (AvgIpc) is 2.19. The molecule has 0 spiro atoms. The van der Waals surface area contributed by atoms with E-state index in [0.29, 0.717) is 21.3 Å². The second kappa shape index (κ2) is 4.80. The van der Waals surface area contributed by atoms with Gasteiger partial charge in [-0.05, 0) is 28.1 Å². The number of carboxylic acids is 1. The summed E-state index contributed by atoms with van der Waals surface area (Å²) in [4.78, 5) is 10.6. The van der Waals surface area contributed by atoms with Crippen LogP contribution in [0.25, 0.3) is 0 Å². The number of benzene rings is 1. The highest BCUT2D eigenvalue weighted by atomic mass is 79.9. The van der Waals surface area contributed by atoms with E-state index in [1.54, 1.807) is 6.07 Å². The van der Waals surface area contributed by atoms with Crippen LogP contribution in [0.1, 0.15) is 11.1 Å². The van der Waals surface area contributed by atoms with E-state index in [1.165, 1.54) is 13.2 Å². The van der Waals surface area contributed by atoms with Crippen molar-refractivity contribution in [2.24, 2.45) is 0 Å². The first-order valence-corrected chi connectivity index (χ1v) is 4.86. The standard InChI is InChI=1S/C10H8BrNO3/c1-15-9-4-8(11)7(5-12)2-6(9)3-10(13)14/h2,4H,3H2,1H3,(H,13,14). The number of nitriles is 1. The number of carbonyl (C=O) groups is 1. The van der Waals surface area contributed by atoms with Gasteiger partial charge in [0, 0.05) is 10.0 Å². The number of rotatable bonds is 3. The first-order valence-electron chi connectivity index (χ1n) is 4.06. The van der Waals surface area contributed by atoms with E-state index in [1.807, 2.05) is 6.07 Å². The summed E-state index contributed by atoms with van der Waals surface area (Å²) in [7, 11) is 1.46. The van der Waals surface area contributed by atoms with Crippen LogP contribution in [0.4, 0.5) is 0 Å². The van der Waals surface area contributed by atoms with Crippen molar-refractivity contribution >= 4 is 21.9 Å². The largest absolute Gasteiger partial charge is 0.496 e. The van der Waals surface area contributed by atoms with Gasteiger partial charge in [-0.1, -0.05) is 0 Å². The van der Waals surface area contributed by atoms with Crippen LogP contribution < -0.4 is 4.74 Å². The fraction of sp³-hybridized carbons (Fsp3) is 0.200. The highest BCUT2D eigenvalue weighted by Crippen LogP contribution is 2.27. The highest BCUT2D eigenvalue weighted by molar-refractivity contribution is 9.10. The van der Waals surface area contributed by atoms with Crippen molar-refractivity contribution < 1.29 is 14.6 Å². The van der Waals surface area contributed by atoms with E-state index < -0.39 is 5.97 Å². The minimum atomic E-state index is -0.959. The lowest BCUT2D eigenvalue weighted by atomic mass is 10.1. The van der Waals surface area contributed by atoms with Gasteiger partial charge in [-0.15, -0.1) is 0 Å². The molecule has 0 saturated carbocycles. The molecule has 0 aliphatic heterocycles. The number of hydrogen-bond acceptors (Lipinski definition) is 3. The normalized spacial score (nSPS) is 9.40. The molecule has 1 aromatic rings. The molecule has 4 nitrogen and oxygen atoms in total. The SMILES string of the molecule is COc1cc(Br)c(C#N)cc1CC(=O)O. The molecule has 0 aliphatic carbocycles. The Balaban J connectivity index is 3.23. The van der Waals surface area contributed by atoms with Crippen molar-refractivity contribution in [2.75, 3.05) is 7.11 Å². The fourth-order valence-corrected chi connectivity index (χ4v) is 1.59. The predicted molar refractivity (Wildman–Crippen MR) is 56.7 cm³/mol. The number of methoxy groups -OCH3 is 1. The van der Waals surface area contributed by atoms with Gasteiger partial charge >= 0.3 is 5.97 Å². The quantitative estimate of drug-likeness (QED) is 0.911. The van der Waals surface area contributed by atoms with Crippen molar-refractivity contribution in [3.8, 4) is 11.8 Å². The number of aliphatic carboxylic acids is 1. The van der Waals surface area contributed by atoms with Crippen LogP contribution in [0.2, 0.25) is 0 Å². The summed E-state index contributed by atoms with van der Waals surface area (Å²) >= 11 is 3.20. The Morgan fingerprint density at radius 2 is 2.33 bits per heavy atom. The van der Waals surface area contributed by atoms with Crippen LogP contribution in [-0.2, 0) is 11.2 Å². The third kappa shape index (κ3) is 2.70. The Hall–Kier alpha value is -1.54. The Kier molecular flexibility index (Phi) is 3.69. The topological polar surface area (TPSA) is 70.3 Å². The third-order valence-electron chi connectivity index (χ3n) is 1.83. The predicted octanol–water partition coefficient (Wildman–Crippen LogP) is 1.96. The zero-order valence-electron chi connectivity index (χ0n) is 7.95. The second-order valence-corrected chi connectivity index (χ2v) is 3.68. The molecule has 0 atom stereocenters. The van der Waals surface area contributed by atoms with E-state index in [-0.39, 0.29) is 6.42 Å². The van der Waals surface area contributed by atoms with Crippen LogP contribution in [0.15, 0.2) is 16.6 Å². The molecule has 5 heteroatoms. The summed E-state index contributed by atoms with van der Waals surface area (Å²) < 4.78 is 5.62. The van der Waals surface area contributed by atoms with Gasteiger partial charge in [0.2, 0.25) is 0 Å². The Labute approximate surface area is 95.2 Å². The summed E-state index contributed by atoms with van der Waals surface area (Å²) in [5, 5.41) is 17.4. The van der Waals surface area contributed by atoms with Gasteiger partial charge in [0.15, 0.2) is 0 Å². The number of halogens is 1. The summed E-state index contributed by atoms with van der Waals surface area (Å²) in [5.41, 5.74) is 0.886. The average molecular weight is 270 g/mol. The van der Waals surface area contributed by atoms with Crippen molar-refractivity contribution in [3.63, 3.8) is 0 Å². The molecule has 0 fully saturated rings. The van der Waals surface area contributed by atoms with E-state index in [2.05, 4.69) is 15.9 Å². The smallest absolute Gasteiger partial charge is 0.307 e. The molecule has 78 valence electrons. The Morgan fingerprint density at radius 1 is 1.67 bits per heavy atom. The maximum absolute atomic E-state index is 10.6. The molecule has 1 rings (SSSR count). The van der Waals surface area contributed by atoms with Crippen LogP contribution in [-0.4, -0.2) is 18.2 Å². The van der Waals surface area contributed by atoms with Crippen molar-refractivity contribution in [1.29, 1.82) is 5.26 Å². The van der Waals surface area contributed by atoms with Gasteiger partial charge in [0.05, 0.1) is 19.1 Å². The summed E-state index contributed by atoms with van der Waals surface area (Å²) in [6, 6.07) is 5.07. The molecule has 0 aliphatic rings. The van der Waals surface area contributed by atoms with Gasteiger partial charge in [-0.2, -0.15) is 5.26 Å². The third-order valence-corrected chi connectivity index (χ3v) is 2.49. The highest BCUT2D eigenvalue weighted by Gasteiger charge is 2.11. The summed E-state index contributed by atoms with van der Waals surface area (Å²) in [5.74, 6) is -0.497. The maximum atomic E-state index is 10.6. The molecular formula is C10H8BrNO3. The van der Waals surface area contributed by atoms with Crippen LogP contribution in [0.5, 0.6) is 5.75 Å². The lowest BCUT2D eigenvalue weighted by Gasteiger charge is -2.08. The number of carboxylic acid groups (broad SMARTS) is 1. The lowest BCUT2D eigenvalue weighted by Crippen LogP contribution is -2.03. The molecule has 0 bridgehead atoms. The molecule has 1 aromatic carbocycles. The molecule has 0 heterocycles. The minimum Gasteiger partial charge on any atom is -0.496 e. The van der Waals surface area contributed by atoms with Gasteiger partial charge in [0.1, 0.15) is 11.8 Å². The summed E-state index contributed by atoms with van der Waals surface area (Å²) in [6.45, 7) is 0. The van der Waals surface area contributed by atoms with Crippen molar-refractivity contribution in [3.05, 3.63) is 27.7 Å². The number of nitrogens with zero attached hydrogens (tertiary/aromatic N) is 1. The van der Waals surface area contributed by atoms with E-state index in [4.69, 9.17) is 15.1 Å². The second-order valence-electron chi connectivity index (χ2n) is 2.83. The molecule has 0 saturated heterocycles. The Morgan fingerprint density at radius 3 is 2.80 bits per heavy atom. The van der Waals surface area contributed by atoms with Gasteiger partial charge in [-0.3, -0.25) is 4.79 Å². The van der Waals surface area contributed by atoms with Crippen molar-refractivity contribution in [1.82, 2.24) is 0 Å². The first-order chi connectivity index (χ1) is 7.08. The molecule has 0 radical (unpaired) electrons. The van der Waals surface area contributed by atoms with E-state index in [9.17, 15) is 4.79 Å². The lowest BCUT2D eigenvalue weighted by molar-refractivity contribution is -0.136. The molecule has 1 N–H and O–H groups in total. The van der Waals surface area contributed by atoms with E-state index in [0.717, 1.165) is 0 Å². The van der Waals surface area contributed by atoms with Gasteiger partial charge in [0.25, 0.3) is 0 Å². The van der Waals surface area contributed by atoms with Crippen LogP contribution in [0.3, 0.4) is 0 Å². The molecule has 0 unspecified atom stereocenters. The summed E-state index contributed by atoms with van der Waals surface area (Å²) in [6.07, 6.45) is -0.162. The van der Waals surface area contributed by atoms with Crippen molar-refractivity contribution in [2.45, 2.75) is 6.42 Å². The van der Waals surface area contributed by atoms with Crippen LogP contribution in [0, 0.1) is 11.3 Å². The van der Waals surface area contributed by atoms with Gasteiger partial charge in [-0.25, -0.2) is 0 Å². The molecule has 0 aromatic heterocycles. The van der Waals surface area contributed by atoms with Gasteiger partial charge < -0.3 is 9.84 Å². The molecule has 0 amide bonds. The number of ether oxygens (including phenoxy) is 1. The number of hydrogen-bond donors (Lipinski definition) is 1. The van der Waals surface area contributed by atoms with E-state index >= 15 is 0 Å². The maximum Gasteiger partial charge on any atom is 0.307 e. The first kappa shape index (κ1) is 11.5. The molecule has 15 heavy (non-hydrogen) atoms. The molecular weight excluding hydrogens is 262 g/mol. The monoisotopic (exact) mass is 269 g/mol. The zero-order chi connectivity index (χ0) is 11.4. The zero-order valence-corrected chi connectivity index (χ0v) is 9.54. The minimum absolute atomic E-state index is 0.162. The fourth-order valence-electron chi connectivity index (χ4n) is 1.18. The Bertz CT molecular complexity index is 437.